The summed E-state index contributed by atoms with van der Waals surface area (Å²) >= 11 is 6.81. The third kappa shape index (κ3) is 5.84. The normalized spacial score (nSPS) is 16.2. The molecule has 3 rings (SSSR count). The summed E-state index contributed by atoms with van der Waals surface area (Å²) < 4.78 is 13.7. The standard InChI is InChI=1S/C23H23BrINO4S/c1-4-14(3)26-22(27)20(31-23(26)28)12-16-10-18(24)21(19(11-16)29-5-2)30-13-15-6-8-17(25)9-7-15/h6-12,14H,4-5,13H2,1-3H3/b20-12+/t14-/m0/s1. The highest BCUT2D eigenvalue weighted by atomic mass is 127. The molecule has 0 spiro atoms. The molecule has 1 aliphatic rings. The summed E-state index contributed by atoms with van der Waals surface area (Å²) in [5.74, 6) is 0.928. The summed E-state index contributed by atoms with van der Waals surface area (Å²) in [5, 5.41) is -0.229. The lowest BCUT2D eigenvalue weighted by Gasteiger charge is -2.19. The third-order valence-electron chi connectivity index (χ3n) is 4.78. The highest BCUT2D eigenvalue weighted by Gasteiger charge is 2.37. The average Bonchev–Trinajstić information content (AvgIpc) is 3.01. The van der Waals surface area contributed by atoms with Crippen molar-refractivity contribution in [2.24, 2.45) is 0 Å². The fraction of sp³-hybridized carbons (Fsp3) is 0.304. The molecular weight excluding hydrogens is 593 g/mol. The molecular formula is C23H23BrINO4S. The molecule has 0 aromatic heterocycles. The van der Waals surface area contributed by atoms with Gasteiger partial charge < -0.3 is 9.47 Å². The first kappa shape index (κ1) is 24.1. The minimum atomic E-state index is -0.252. The van der Waals surface area contributed by atoms with Crippen LogP contribution in [0.25, 0.3) is 6.08 Å². The molecule has 1 saturated heterocycles. The molecule has 1 atom stereocenters. The molecule has 164 valence electrons. The van der Waals surface area contributed by atoms with Gasteiger partial charge in [0.05, 0.1) is 16.0 Å². The van der Waals surface area contributed by atoms with Crippen LogP contribution < -0.4 is 9.47 Å². The number of imide groups is 1. The first-order chi connectivity index (χ1) is 14.8. The van der Waals surface area contributed by atoms with E-state index in [2.05, 4.69) is 38.5 Å². The molecule has 1 fully saturated rings. The van der Waals surface area contributed by atoms with Crippen molar-refractivity contribution >= 4 is 67.5 Å². The quantitative estimate of drug-likeness (QED) is 0.240. The van der Waals surface area contributed by atoms with Crippen molar-refractivity contribution in [1.82, 2.24) is 4.90 Å². The number of benzene rings is 2. The van der Waals surface area contributed by atoms with Gasteiger partial charge in [0, 0.05) is 9.61 Å². The molecule has 0 unspecified atom stereocenters. The van der Waals surface area contributed by atoms with Crippen molar-refractivity contribution in [3.05, 3.63) is 60.5 Å². The number of carbonyl (C=O) groups is 2. The molecule has 2 aromatic rings. The molecule has 0 aliphatic carbocycles. The van der Waals surface area contributed by atoms with Gasteiger partial charge in [-0.25, -0.2) is 0 Å². The molecule has 31 heavy (non-hydrogen) atoms. The Bertz CT molecular complexity index is 1010. The summed E-state index contributed by atoms with van der Waals surface area (Å²) in [7, 11) is 0. The minimum absolute atomic E-state index is 0.124. The van der Waals surface area contributed by atoms with Gasteiger partial charge in [-0.15, -0.1) is 0 Å². The highest BCUT2D eigenvalue weighted by Crippen LogP contribution is 2.40. The second-order valence-electron chi connectivity index (χ2n) is 6.99. The number of carbonyl (C=O) groups excluding carboxylic acids is 2. The number of thioether (sulfide) groups is 1. The fourth-order valence-corrected chi connectivity index (χ4v) is 4.87. The van der Waals surface area contributed by atoms with E-state index in [-0.39, 0.29) is 17.2 Å². The Hall–Kier alpha value is -1.52. The SMILES string of the molecule is CCOc1cc(/C=C2/SC(=O)N([C@@H](C)CC)C2=O)cc(Br)c1OCc1ccc(I)cc1. The lowest BCUT2D eigenvalue weighted by Crippen LogP contribution is -2.36. The number of halogens is 2. The second-order valence-corrected chi connectivity index (χ2v) is 10.1. The van der Waals surface area contributed by atoms with E-state index in [1.165, 1.54) is 8.47 Å². The minimum Gasteiger partial charge on any atom is -0.490 e. The first-order valence-corrected chi connectivity index (χ1v) is 12.6. The van der Waals surface area contributed by atoms with Crippen LogP contribution in [0, 0.1) is 3.57 Å². The molecule has 2 aromatic carbocycles. The fourth-order valence-electron chi connectivity index (χ4n) is 3.00. The summed E-state index contributed by atoms with van der Waals surface area (Å²) in [5.41, 5.74) is 1.81. The molecule has 5 nitrogen and oxygen atoms in total. The van der Waals surface area contributed by atoms with Crippen LogP contribution >= 0.6 is 50.3 Å². The predicted molar refractivity (Wildman–Crippen MR) is 136 cm³/mol. The van der Waals surface area contributed by atoms with Crippen LogP contribution in [0.15, 0.2) is 45.8 Å². The number of ether oxygens (including phenoxy) is 2. The van der Waals surface area contributed by atoms with Gasteiger partial charge in [-0.05, 0) is 112 Å². The lowest BCUT2D eigenvalue weighted by molar-refractivity contribution is -0.124. The second kappa shape index (κ2) is 10.9. The average molecular weight is 616 g/mol. The summed E-state index contributed by atoms with van der Waals surface area (Å²) in [6.07, 6.45) is 2.45. The van der Waals surface area contributed by atoms with E-state index < -0.39 is 0 Å². The van der Waals surface area contributed by atoms with Crippen LogP contribution in [0.4, 0.5) is 4.79 Å². The van der Waals surface area contributed by atoms with Crippen molar-refractivity contribution in [3.63, 3.8) is 0 Å². The smallest absolute Gasteiger partial charge is 0.293 e. The monoisotopic (exact) mass is 615 g/mol. The van der Waals surface area contributed by atoms with E-state index in [0.717, 1.165) is 33.8 Å². The van der Waals surface area contributed by atoms with E-state index in [0.29, 0.717) is 29.6 Å². The van der Waals surface area contributed by atoms with Crippen molar-refractivity contribution in [3.8, 4) is 11.5 Å². The largest absolute Gasteiger partial charge is 0.490 e. The molecule has 0 saturated carbocycles. The Morgan fingerprint density at radius 3 is 2.52 bits per heavy atom. The van der Waals surface area contributed by atoms with Gasteiger partial charge in [-0.2, -0.15) is 0 Å². The van der Waals surface area contributed by atoms with E-state index >= 15 is 0 Å². The maximum absolute atomic E-state index is 12.7. The summed E-state index contributed by atoms with van der Waals surface area (Å²) in [6, 6.07) is 11.7. The van der Waals surface area contributed by atoms with Crippen LogP contribution in [-0.4, -0.2) is 28.7 Å². The van der Waals surface area contributed by atoms with Crippen molar-refractivity contribution in [1.29, 1.82) is 0 Å². The Morgan fingerprint density at radius 2 is 1.87 bits per heavy atom. The van der Waals surface area contributed by atoms with E-state index in [1.807, 2.05) is 57.2 Å². The van der Waals surface area contributed by atoms with Crippen molar-refractivity contribution in [2.45, 2.75) is 39.8 Å². The number of rotatable bonds is 8. The Labute approximate surface area is 208 Å². The molecule has 8 heteroatoms. The maximum atomic E-state index is 12.7. The number of hydrogen-bond donors (Lipinski definition) is 0. The zero-order valence-corrected chi connectivity index (χ0v) is 22.0. The third-order valence-corrected chi connectivity index (χ3v) is 6.97. The van der Waals surface area contributed by atoms with E-state index in [4.69, 9.17) is 9.47 Å². The molecule has 0 bridgehead atoms. The van der Waals surface area contributed by atoms with Gasteiger partial charge in [-0.3, -0.25) is 14.5 Å². The summed E-state index contributed by atoms with van der Waals surface area (Å²) in [4.78, 5) is 26.7. The molecule has 1 heterocycles. The zero-order valence-electron chi connectivity index (χ0n) is 17.5. The number of nitrogens with zero attached hydrogens (tertiary/aromatic N) is 1. The Balaban J connectivity index is 1.86. The first-order valence-electron chi connectivity index (χ1n) is 9.94. The van der Waals surface area contributed by atoms with Crippen LogP contribution in [0.2, 0.25) is 0 Å². The lowest BCUT2D eigenvalue weighted by atomic mass is 10.1. The molecule has 2 amide bonds. The van der Waals surface area contributed by atoms with Crippen LogP contribution in [0.5, 0.6) is 11.5 Å². The highest BCUT2D eigenvalue weighted by molar-refractivity contribution is 14.1. The van der Waals surface area contributed by atoms with Gasteiger partial charge in [0.1, 0.15) is 6.61 Å². The van der Waals surface area contributed by atoms with Gasteiger partial charge in [-0.1, -0.05) is 19.1 Å². The van der Waals surface area contributed by atoms with Gasteiger partial charge in [0.15, 0.2) is 11.5 Å². The Morgan fingerprint density at radius 1 is 1.16 bits per heavy atom. The zero-order chi connectivity index (χ0) is 22.5. The van der Waals surface area contributed by atoms with Gasteiger partial charge in [0.2, 0.25) is 0 Å². The summed E-state index contributed by atoms with van der Waals surface area (Å²) in [6.45, 7) is 6.62. The van der Waals surface area contributed by atoms with Gasteiger partial charge in [0.25, 0.3) is 11.1 Å². The molecule has 0 N–H and O–H groups in total. The van der Waals surface area contributed by atoms with E-state index in [9.17, 15) is 9.59 Å². The maximum Gasteiger partial charge on any atom is 0.293 e. The molecule has 1 aliphatic heterocycles. The number of hydrogen-bond acceptors (Lipinski definition) is 5. The molecule has 0 radical (unpaired) electrons. The Kier molecular flexibility index (Phi) is 8.46. The van der Waals surface area contributed by atoms with Crippen molar-refractivity contribution < 1.29 is 19.1 Å². The van der Waals surface area contributed by atoms with Crippen LogP contribution in [0.3, 0.4) is 0 Å². The van der Waals surface area contributed by atoms with Crippen molar-refractivity contribution in [2.75, 3.05) is 6.61 Å². The topological polar surface area (TPSA) is 55.8 Å². The van der Waals surface area contributed by atoms with Crippen LogP contribution in [0.1, 0.15) is 38.3 Å². The van der Waals surface area contributed by atoms with Crippen LogP contribution in [-0.2, 0) is 11.4 Å². The number of amides is 2. The van der Waals surface area contributed by atoms with Gasteiger partial charge >= 0.3 is 0 Å². The predicted octanol–water partition coefficient (Wildman–Crippen LogP) is 6.87. The van der Waals surface area contributed by atoms with E-state index in [1.54, 1.807) is 6.08 Å².